The normalized spacial score (nSPS) is 14.4. The Bertz CT molecular complexity index is 886. The Morgan fingerprint density at radius 1 is 0.967 bits per heavy atom. The fraction of sp³-hybridized carbons (Fsp3) is 0.375. The molecule has 0 unspecified atom stereocenters. The van der Waals surface area contributed by atoms with Crippen LogP contribution in [0.5, 0.6) is 0 Å². The van der Waals surface area contributed by atoms with Gasteiger partial charge in [-0.1, -0.05) is 41.4 Å². The van der Waals surface area contributed by atoms with Crippen LogP contribution < -0.4 is 5.32 Å². The Morgan fingerprint density at radius 3 is 2.20 bits per heavy atom. The quantitative estimate of drug-likeness (QED) is 0.530. The van der Waals surface area contributed by atoms with Gasteiger partial charge in [-0.15, -0.1) is 0 Å². The molecule has 1 aliphatic heterocycles. The molecule has 6 heteroatoms. The van der Waals surface area contributed by atoms with Crippen molar-refractivity contribution in [1.82, 2.24) is 10.2 Å². The summed E-state index contributed by atoms with van der Waals surface area (Å²) in [5.74, 6) is 0.0638. The number of nitrogens with zero attached hydrogens (tertiary/aromatic N) is 1. The number of hydrogen-bond acceptors (Lipinski definition) is 3. The van der Waals surface area contributed by atoms with Gasteiger partial charge in [0.15, 0.2) is 5.78 Å². The van der Waals surface area contributed by atoms with Gasteiger partial charge >= 0.3 is 0 Å². The van der Waals surface area contributed by atoms with Gasteiger partial charge in [0.1, 0.15) is 0 Å². The van der Waals surface area contributed by atoms with Gasteiger partial charge < -0.3 is 10.2 Å². The van der Waals surface area contributed by atoms with Gasteiger partial charge in [0.2, 0.25) is 5.91 Å². The van der Waals surface area contributed by atoms with Crippen LogP contribution in [0.25, 0.3) is 0 Å². The number of halogens is 1. The van der Waals surface area contributed by atoms with Crippen LogP contribution in [0.4, 0.5) is 0 Å². The number of rotatable bonds is 7. The molecule has 2 aromatic rings. The van der Waals surface area contributed by atoms with E-state index in [-0.39, 0.29) is 23.5 Å². The van der Waals surface area contributed by atoms with Crippen molar-refractivity contribution in [3.05, 3.63) is 70.2 Å². The number of ketones is 1. The maximum atomic E-state index is 12.6. The first-order valence-electron chi connectivity index (χ1n) is 10.4. The predicted molar refractivity (Wildman–Crippen MR) is 118 cm³/mol. The van der Waals surface area contributed by atoms with Crippen molar-refractivity contribution in [2.24, 2.45) is 5.92 Å². The summed E-state index contributed by atoms with van der Waals surface area (Å²) in [4.78, 5) is 39.0. The fourth-order valence-electron chi connectivity index (χ4n) is 3.65. The second-order valence-corrected chi connectivity index (χ2v) is 8.19. The molecule has 1 fully saturated rings. The molecule has 0 radical (unpaired) electrons. The summed E-state index contributed by atoms with van der Waals surface area (Å²) in [6, 6.07) is 14.4. The highest BCUT2D eigenvalue weighted by Gasteiger charge is 2.27. The largest absolute Gasteiger partial charge is 0.352 e. The van der Waals surface area contributed by atoms with Gasteiger partial charge in [0, 0.05) is 48.1 Å². The van der Waals surface area contributed by atoms with E-state index in [1.54, 1.807) is 24.3 Å². The molecular formula is C24H27ClN2O3. The highest BCUT2D eigenvalue weighted by molar-refractivity contribution is 6.30. The van der Waals surface area contributed by atoms with Crippen molar-refractivity contribution in [2.45, 2.75) is 32.6 Å². The Labute approximate surface area is 182 Å². The predicted octanol–water partition coefficient (Wildman–Crippen LogP) is 4.28. The molecule has 0 aliphatic carbocycles. The number of hydrogen-bond donors (Lipinski definition) is 1. The minimum absolute atomic E-state index is 0.0181. The lowest BCUT2D eigenvalue weighted by atomic mass is 9.88. The number of aryl methyl sites for hydroxylation is 1. The Hall–Kier alpha value is -2.66. The van der Waals surface area contributed by atoms with Crippen molar-refractivity contribution in [1.29, 1.82) is 0 Å². The van der Waals surface area contributed by atoms with Crippen LogP contribution in [0.15, 0.2) is 48.5 Å². The first kappa shape index (κ1) is 22.0. The van der Waals surface area contributed by atoms with Gasteiger partial charge in [-0.3, -0.25) is 14.4 Å². The molecule has 1 heterocycles. The summed E-state index contributed by atoms with van der Waals surface area (Å²) in [6.45, 7) is 3.66. The van der Waals surface area contributed by atoms with Crippen LogP contribution in [0.1, 0.15) is 52.0 Å². The maximum absolute atomic E-state index is 12.6. The molecule has 1 aliphatic rings. The monoisotopic (exact) mass is 426 g/mol. The number of carbonyl (C=O) groups excluding carboxylic acids is 3. The summed E-state index contributed by atoms with van der Waals surface area (Å²) in [5.41, 5.74) is 2.43. The summed E-state index contributed by atoms with van der Waals surface area (Å²) < 4.78 is 0. The lowest BCUT2D eigenvalue weighted by molar-refractivity contribution is -0.132. The smallest absolute Gasteiger partial charge is 0.251 e. The molecule has 0 aromatic heterocycles. The fourth-order valence-corrected chi connectivity index (χ4v) is 3.77. The first-order valence-corrected chi connectivity index (χ1v) is 10.7. The van der Waals surface area contributed by atoms with Gasteiger partial charge in [-0.2, -0.15) is 0 Å². The topological polar surface area (TPSA) is 66.5 Å². The van der Waals surface area contributed by atoms with Gasteiger partial charge in [-0.05, 0) is 50.5 Å². The van der Waals surface area contributed by atoms with Gasteiger partial charge in [-0.25, -0.2) is 0 Å². The standard InChI is InChI=1S/C24H27ClN2O3/c1-17-4-6-18(7-5-17)23(29)19-12-15-27(16-13-19)22(28)3-2-14-26-24(30)20-8-10-21(25)11-9-20/h4-11,19H,2-3,12-16H2,1H3,(H,26,30). The molecule has 1 N–H and O–H groups in total. The summed E-state index contributed by atoms with van der Waals surface area (Å²) in [7, 11) is 0. The highest BCUT2D eigenvalue weighted by Crippen LogP contribution is 2.22. The molecule has 0 spiro atoms. The number of carbonyl (C=O) groups is 3. The molecular weight excluding hydrogens is 400 g/mol. The van der Waals surface area contributed by atoms with E-state index < -0.39 is 0 Å². The number of likely N-dealkylation sites (tertiary alicyclic amines) is 1. The van der Waals surface area contributed by atoms with E-state index in [4.69, 9.17) is 11.6 Å². The van der Waals surface area contributed by atoms with E-state index in [1.807, 2.05) is 36.1 Å². The van der Waals surface area contributed by atoms with Crippen LogP contribution in [-0.2, 0) is 4.79 Å². The molecule has 158 valence electrons. The average Bonchev–Trinajstić information content (AvgIpc) is 2.77. The van der Waals surface area contributed by atoms with Crippen LogP contribution >= 0.6 is 11.6 Å². The zero-order valence-electron chi connectivity index (χ0n) is 17.2. The van der Waals surface area contributed by atoms with E-state index in [2.05, 4.69) is 5.32 Å². The third-order valence-electron chi connectivity index (χ3n) is 5.51. The lowest BCUT2D eigenvalue weighted by Crippen LogP contribution is -2.40. The SMILES string of the molecule is Cc1ccc(C(=O)C2CCN(C(=O)CCCNC(=O)c3ccc(Cl)cc3)CC2)cc1. The van der Waals surface area contributed by atoms with Crippen LogP contribution in [-0.4, -0.2) is 42.1 Å². The second kappa shape index (κ2) is 10.4. The van der Waals surface area contributed by atoms with Gasteiger partial charge in [0.05, 0.1) is 0 Å². The summed E-state index contributed by atoms with van der Waals surface area (Å²) >= 11 is 5.82. The molecule has 2 aromatic carbocycles. The maximum Gasteiger partial charge on any atom is 0.251 e. The first-order chi connectivity index (χ1) is 14.4. The Kier molecular flexibility index (Phi) is 7.63. The van der Waals surface area contributed by atoms with E-state index in [0.717, 1.165) is 11.1 Å². The van der Waals surface area contributed by atoms with Gasteiger partial charge in [0.25, 0.3) is 5.91 Å². The zero-order chi connectivity index (χ0) is 21.5. The third kappa shape index (κ3) is 5.92. The van der Waals surface area contributed by atoms with Crippen molar-refractivity contribution in [2.75, 3.05) is 19.6 Å². The third-order valence-corrected chi connectivity index (χ3v) is 5.77. The number of piperidine rings is 1. The van der Waals surface area contributed by atoms with Crippen molar-refractivity contribution in [3.63, 3.8) is 0 Å². The molecule has 1 saturated heterocycles. The number of nitrogens with one attached hydrogen (secondary N) is 1. The van der Waals surface area contributed by atoms with E-state index in [9.17, 15) is 14.4 Å². The summed E-state index contributed by atoms with van der Waals surface area (Å²) in [6.07, 6.45) is 2.37. The van der Waals surface area contributed by atoms with E-state index in [0.29, 0.717) is 55.9 Å². The van der Waals surface area contributed by atoms with Crippen LogP contribution in [0.2, 0.25) is 5.02 Å². The highest BCUT2D eigenvalue weighted by atomic mass is 35.5. The molecule has 3 rings (SSSR count). The average molecular weight is 427 g/mol. The van der Waals surface area contributed by atoms with Crippen LogP contribution in [0, 0.1) is 12.8 Å². The molecule has 0 atom stereocenters. The molecule has 5 nitrogen and oxygen atoms in total. The Balaban J connectivity index is 1.37. The lowest BCUT2D eigenvalue weighted by Gasteiger charge is -2.31. The minimum Gasteiger partial charge on any atom is -0.352 e. The Morgan fingerprint density at radius 2 is 1.57 bits per heavy atom. The second-order valence-electron chi connectivity index (χ2n) is 7.75. The number of Topliss-reactive ketones (excluding diaryl/α,β-unsaturated/α-hetero) is 1. The molecule has 2 amide bonds. The van der Waals surface area contributed by atoms with Crippen molar-refractivity contribution < 1.29 is 14.4 Å². The molecule has 30 heavy (non-hydrogen) atoms. The van der Waals surface area contributed by atoms with E-state index in [1.165, 1.54) is 0 Å². The van der Waals surface area contributed by atoms with Crippen molar-refractivity contribution >= 4 is 29.2 Å². The molecule has 0 bridgehead atoms. The summed E-state index contributed by atoms with van der Waals surface area (Å²) in [5, 5.41) is 3.41. The zero-order valence-corrected chi connectivity index (χ0v) is 18.0. The number of amides is 2. The van der Waals surface area contributed by atoms with Crippen LogP contribution in [0.3, 0.4) is 0 Å². The minimum atomic E-state index is -0.172. The van der Waals surface area contributed by atoms with E-state index >= 15 is 0 Å². The van der Waals surface area contributed by atoms with Crippen molar-refractivity contribution in [3.8, 4) is 0 Å². The molecule has 0 saturated carbocycles. The number of benzene rings is 2.